The molecule has 1 heterocycles. The van der Waals surface area contributed by atoms with Gasteiger partial charge in [-0.2, -0.15) is 0 Å². The van der Waals surface area contributed by atoms with E-state index < -0.39 is 0 Å². The normalized spacial score (nSPS) is 17.0. The summed E-state index contributed by atoms with van der Waals surface area (Å²) >= 11 is 0. The molecule has 1 saturated heterocycles. The summed E-state index contributed by atoms with van der Waals surface area (Å²) in [6, 6.07) is 7.89. The van der Waals surface area contributed by atoms with E-state index in [0.717, 1.165) is 24.2 Å². The van der Waals surface area contributed by atoms with Crippen LogP contribution in [0, 0.1) is 11.8 Å². The van der Waals surface area contributed by atoms with E-state index in [1.54, 1.807) is 11.9 Å². The fraction of sp³-hybridized carbons (Fsp3) is 0.438. The Morgan fingerprint density at radius 1 is 1.48 bits per heavy atom. The van der Waals surface area contributed by atoms with Gasteiger partial charge in [0.1, 0.15) is 0 Å². The summed E-state index contributed by atoms with van der Waals surface area (Å²) in [5.74, 6) is 5.79. The minimum atomic E-state index is -0.0718. The van der Waals surface area contributed by atoms with E-state index in [0.29, 0.717) is 19.7 Å². The van der Waals surface area contributed by atoms with Crippen LogP contribution in [0.25, 0.3) is 0 Å². The third-order valence-corrected chi connectivity index (χ3v) is 3.31. The van der Waals surface area contributed by atoms with Crippen LogP contribution in [0.15, 0.2) is 24.3 Å². The van der Waals surface area contributed by atoms with Gasteiger partial charge in [-0.15, -0.1) is 0 Å². The number of carbonyl (C=O) groups is 1. The van der Waals surface area contributed by atoms with Crippen LogP contribution in [-0.4, -0.2) is 43.8 Å². The van der Waals surface area contributed by atoms with E-state index in [4.69, 9.17) is 10.5 Å². The number of ether oxygens (including phenoxy) is 1. The fourth-order valence-electron chi connectivity index (χ4n) is 2.13. The molecule has 21 heavy (non-hydrogen) atoms. The highest BCUT2D eigenvalue weighted by molar-refractivity contribution is 5.74. The maximum atomic E-state index is 12.0. The molecule has 0 spiro atoms. The standard InChI is InChI=1S/C16H21N3O2/c1-19(16(20)18-15-8-10-21-12-15)11-14-6-4-13(5-7-14)3-2-9-17/h4-7,15H,8-12,17H2,1H3,(H,18,20). The molecular weight excluding hydrogens is 266 g/mol. The van der Waals surface area contributed by atoms with E-state index in [9.17, 15) is 4.79 Å². The third-order valence-electron chi connectivity index (χ3n) is 3.31. The minimum absolute atomic E-state index is 0.0718. The lowest BCUT2D eigenvalue weighted by atomic mass is 10.1. The first-order valence-electron chi connectivity index (χ1n) is 7.06. The second-order valence-electron chi connectivity index (χ2n) is 5.07. The van der Waals surface area contributed by atoms with Crippen molar-refractivity contribution < 1.29 is 9.53 Å². The van der Waals surface area contributed by atoms with Gasteiger partial charge in [0.05, 0.1) is 19.2 Å². The molecule has 1 unspecified atom stereocenters. The Hall–Kier alpha value is -2.03. The zero-order valence-corrected chi connectivity index (χ0v) is 12.3. The topological polar surface area (TPSA) is 67.6 Å². The van der Waals surface area contributed by atoms with Gasteiger partial charge in [0.25, 0.3) is 0 Å². The highest BCUT2D eigenvalue weighted by Gasteiger charge is 2.19. The molecule has 2 amide bonds. The van der Waals surface area contributed by atoms with Crippen LogP contribution >= 0.6 is 0 Å². The van der Waals surface area contributed by atoms with Crippen LogP contribution in [0.4, 0.5) is 4.79 Å². The van der Waals surface area contributed by atoms with Crippen molar-refractivity contribution in [2.75, 3.05) is 26.8 Å². The molecule has 5 heteroatoms. The number of rotatable bonds is 3. The number of hydrogen-bond donors (Lipinski definition) is 2. The molecule has 112 valence electrons. The van der Waals surface area contributed by atoms with Crippen molar-refractivity contribution in [1.82, 2.24) is 10.2 Å². The molecule has 5 nitrogen and oxygen atoms in total. The summed E-state index contributed by atoms with van der Waals surface area (Å²) in [5.41, 5.74) is 7.33. The first kappa shape index (κ1) is 15.4. The van der Waals surface area contributed by atoms with Crippen molar-refractivity contribution in [3.63, 3.8) is 0 Å². The number of nitrogens with one attached hydrogen (secondary N) is 1. The van der Waals surface area contributed by atoms with E-state index in [2.05, 4.69) is 17.2 Å². The molecule has 0 aromatic heterocycles. The Balaban J connectivity index is 1.86. The monoisotopic (exact) mass is 287 g/mol. The third kappa shape index (κ3) is 4.78. The molecule has 0 radical (unpaired) electrons. The minimum Gasteiger partial charge on any atom is -0.379 e. The molecule has 2 rings (SSSR count). The van der Waals surface area contributed by atoms with Crippen LogP contribution in [0.5, 0.6) is 0 Å². The van der Waals surface area contributed by atoms with Gasteiger partial charge in [-0.1, -0.05) is 24.0 Å². The molecule has 0 bridgehead atoms. The Kier molecular flexibility index (Phi) is 5.61. The van der Waals surface area contributed by atoms with Crippen molar-refractivity contribution in [2.24, 2.45) is 5.73 Å². The van der Waals surface area contributed by atoms with Crippen LogP contribution in [0.3, 0.4) is 0 Å². The highest BCUT2D eigenvalue weighted by Crippen LogP contribution is 2.08. The van der Waals surface area contributed by atoms with E-state index in [1.807, 2.05) is 24.3 Å². The fourth-order valence-corrected chi connectivity index (χ4v) is 2.13. The smallest absolute Gasteiger partial charge is 0.317 e. The number of urea groups is 1. The Bertz CT molecular complexity index is 525. The summed E-state index contributed by atoms with van der Waals surface area (Å²) in [6.07, 6.45) is 0.883. The van der Waals surface area contributed by atoms with Crippen LogP contribution in [-0.2, 0) is 11.3 Å². The van der Waals surface area contributed by atoms with Gasteiger partial charge in [0.2, 0.25) is 0 Å². The Morgan fingerprint density at radius 3 is 2.86 bits per heavy atom. The summed E-state index contributed by atoms with van der Waals surface area (Å²) < 4.78 is 5.25. The average molecular weight is 287 g/mol. The number of nitrogens with zero attached hydrogens (tertiary/aromatic N) is 1. The van der Waals surface area contributed by atoms with Gasteiger partial charge < -0.3 is 20.7 Å². The number of amides is 2. The lowest BCUT2D eigenvalue weighted by molar-refractivity contribution is 0.181. The van der Waals surface area contributed by atoms with Gasteiger partial charge in [0.15, 0.2) is 0 Å². The van der Waals surface area contributed by atoms with Crippen molar-refractivity contribution in [1.29, 1.82) is 0 Å². The molecule has 3 N–H and O–H groups in total. The number of carbonyl (C=O) groups excluding carboxylic acids is 1. The van der Waals surface area contributed by atoms with E-state index >= 15 is 0 Å². The van der Waals surface area contributed by atoms with Crippen molar-refractivity contribution in [3.05, 3.63) is 35.4 Å². The highest BCUT2D eigenvalue weighted by atomic mass is 16.5. The molecule has 1 fully saturated rings. The van der Waals surface area contributed by atoms with Gasteiger partial charge >= 0.3 is 6.03 Å². The van der Waals surface area contributed by atoms with Crippen molar-refractivity contribution in [3.8, 4) is 11.8 Å². The number of hydrogen-bond acceptors (Lipinski definition) is 3. The lowest BCUT2D eigenvalue weighted by Crippen LogP contribution is -2.43. The number of benzene rings is 1. The largest absolute Gasteiger partial charge is 0.379 e. The lowest BCUT2D eigenvalue weighted by Gasteiger charge is -2.20. The molecular formula is C16H21N3O2. The predicted octanol–water partition coefficient (Wildman–Crippen LogP) is 0.927. The second kappa shape index (κ2) is 7.67. The quantitative estimate of drug-likeness (QED) is 0.813. The van der Waals surface area contributed by atoms with Gasteiger partial charge in [-0.05, 0) is 24.1 Å². The van der Waals surface area contributed by atoms with Gasteiger partial charge in [-0.3, -0.25) is 0 Å². The number of nitrogens with two attached hydrogens (primary N) is 1. The van der Waals surface area contributed by atoms with Crippen molar-refractivity contribution in [2.45, 2.75) is 19.0 Å². The van der Waals surface area contributed by atoms with Gasteiger partial charge in [0, 0.05) is 25.8 Å². The SMILES string of the molecule is CN(Cc1ccc(C#CCN)cc1)C(=O)NC1CCOC1. The zero-order valence-electron chi connectivity index (χ0n) is 12.3. The summed E-state index contributed by atoms with van der Waals surface area (Å²) in [7, 11) is 1.79. The molecule has 1 atom stereocenters. The zero-order chi connectivity index (χ0) is 15.1. The molecule has 1 aromatic carbocycles. The summed E-state index contributed by atoms with van der Waals surface area (Å²) in [6.45, 7) is 2.24. The molecule has 0 saturated carbocycles. The summed E-state index contributed by atoms with van der Waals surface area (Å²) in [4.78, 5) is 13.7. The second-order valence-corrected chi connectivity index (χ2v) is 5.07. The first-order chi connectivity index (χ1) is 10.2. The van der Waals surface area contributed by atoms with Crippen LogP contribution in [0.1, 0.15) is 17.5 Å². The van der Waals surface area contributed by atoms with Gasteiger partial charge in [-0.25, -0.2) is 4.79 Å². The summed E-state index contributed by atoms with van der Waals surface area (Å²) in [5, 5.41) is 2.96. The Morgan fingerprint density at radius 2 is 2.24 bits per heavy atom. The van der Waals surface area contributed by atoms with Crippen molar-refractivity contribution >= 4 is 6.03 Å². The predicted molar refractivity (Wildman–Crippen MR) is 81.6 cm³/mol. The van der Waals surface area contributed by atoms with Crippen LogP contribution < -0.4 is 11.1 Å². The maximum absolute atomic E-state index is 12.0. The Labute approximate surface area is 125 Å². The maximum Gasteiger partial charge on any atom is 0.317 e. The van der Waals surface area contributed by atoms with E-state index in [-0.39, 0.29) is 12.1 Å². The molecule has 1 aliphatic heterocycles. The molecule has 1 aromatic rings. The first-order valence-corrected chi connectivity index (χ1v) is 7.06. The van der Waals surface area contributed by atoms with E-state index in [1.165, 1.54) is 0 Å². The molecule has 1 aliphatic rings. The van der Waals surface area contributed by atoms with Crippen LogP contribution in [0.2, 0.25) is 0 Å². The average Bonchev–Trinajstić information content (AvgIpc) is 2.99. The molecule has 0 aliphatic carbocycles.